The summed E-state index contributed by atoms with van der Waals surface area (Å²) in [5, 5.41) is 20.5. The maximum absolute atomic E-state index is 13.2. The molecule has 0 bridgehead atoms. The van der Waals surface area contributed by atoms with Crippen molar-refractivity contribution in [1.82, 2.24) is 39.4 Å². The summed E-state index contributed by atoms with van der Waals surface area (Å²) in [6.07, 6.45) is -5.82. The van der Waals surface area contributed by atoms with Crippen molar-refractivity contribution >= 4 is 17.5 Å². The van der Waals surface area contributed by atoms with Gasteiger partial charge >= 0.3 is 11.9 Å². The minimum atomic E-state index is -4.98. The Morgan fingerprint density at radius 2 is 1.88 bits per heavy atom. The number of alkyl halides is 5. The molecule has 4 aromatic rings. The molecule has 0 radical (unpaired) electrons. The average molecular weight is 585 g/mol. The molecular formula is C23H18ClF5N8O3. The van der Waals surface area contributed by atoms with Crippen LogP contribution in [0.2, 0.25) is 5.02 Å². The first-order valence-corrected chi connectivity index (χ1v) is 11.9. The molecule has 1 fully saturated rings. The van der Waals surface area contributed by atoms with Crippen LogP contribution in [0.25, 0.3) is 17.1 Å². The summed E-state index contributed by atoms with van der Waals surface area (Å²) in [6.45, 7) is -1.51. The first kappa shape index (κ1) is 27.4. The summed E-state index contributed by atoms with van der Waals surface area (Å²) in [6, 6.07) is 7.45. The second-order valence-corrected chi connectivity index (χ2v) is 9.34. The lowest BCUT2D eigenvalue weighted by Gasteiger charge is -2.15. The van der Waals surface area contributed by atoms with Crippen molar-refractivity contribution in [2.45, 2.75) is 43.8 Å². The van der Waals surface area contributed by atoms with Crippen molar-refractivity contribution in [3.63, 3.8) is 0 Å². The lowest BCUT2D eigenvalue weighted by molar-refractivity contribution is -0.207. The summed E-state index contributed by atoms with van der Waals surface area (Å²) < 4.78 is 68.3. The highest BCUT2D eigenvalue weighted by Gasteiger charge is 2.58. The second-order valence-electron chi connectivity index (χ2n) is 8.91. The van der Waals surface area contributed by atoms with E-state index in [1.165, 1.54) is 48.9 Å². The Labute approximate surface area is 225 Å². The maximum Gasteiger partial charge on any atom is 0.416 e. The van der Waals surface area contributed by atoms with Crippen LogP contribution in [0, 0.1) is 0 Å². The molecule has 0 aliphatic heterocycles. The lowest BCUT2D eigenvalue weighted by atomic mass is 10.2. The molecule has 3 aromatic heterocycles. The van der Waals surface area contributed by atoms with Crippen LogP contribution in [-0.4, -0.2) is 69.4 Å². The third kappa shape index (κ3) is 5.58. The summed E-state index contributed by atoms with van der Waals surface area (Å²) in [5.41, 5.74) is -0.804. The Bertz CT molecular complexity index is 1620. The summed E-state index contributed by atoms with van der Waals surface area (Å²) >= 11 is 5.89. The number of amides is 1. The average Bonchev–Trinajstić information content (AvgIpc) is 3.19. The zero-order valence-corrected chi connectivity index (χ0v) is 20.8. The van der Waals surface area contributed by atoms with Gasteiger partial charge in [-0.25, -0.2) is 32.9 Å². The van der Waals surface area contributed by atoms with Crippen molar-refractivity contribution in [2.24, 2.45) is 0 Å². The Kier molecular flexibility index (Phi) is 6.91. The van der Waals surface area contributed by atoms with Gasteiger partial charge in [-0.2, -0.15) is 13.2 Å². The fourth-order valence-electron chi connectivity index (χ4n) is 3.77. The van der Waals surface area contributed by atoms with E-state index in [1.807, 2.05) is 0 Å². The monoisotopic (exact) mass is 584 g/mol. The maximum atomic E-state index is 13.2. The molecule has 11 nitrogen and oxygen atoms in total. The summed E-state index contributed by atoms with van der Waals surface area (Å²) in [5.74, 6) is -4.01. The Hall–Kier alpha value is -4.18. The van der Waals surface area contributed by atoms with Crippen LogP contribution in [0.15, 0.2) is 53.7 Å². The predicted octanol–water partition coefficient (Wildman–Crippen LogP) is 2.45. The van der Waals surface area contributed by atoms with Crippen LogP contribution < -0.4 is 11.0 Å². The Balaban J connectivity index is 1.44. The number of carbonyl (C=O) groups is 1. The molecule has 17 heteroatoms. The van der Waals surface area contributed by atoms with Gasteiger partial charge in [-0.05, 0) is 36.4 Å². The van der Waals surface area contributed by atoms with Crippen molar-refractivity contribution in [2.75, 3.05) is 0 Å². The van der Waals surface area contributed by atoms with Crippen molar-refractivity contribution in [1.29, 1.82) is 0 Å². The quantitative estimate of drug-likeness (QED) is 0.304. The Morgan fingerprint density at radius 1 is 1.18 bits per heavy atom. The first-order valence-electron chi connectivity index (χ1n) is 11.6. The van der Waals surface area contributed by atoms with E-state index in [9.17, 15) is 36.6 Å². The predicted molar refractivity (Wildman–Crippen MR) is 128 cm³/mol. The number of aliphatic hydroxyl groups excluding tert-OH is 1. The first-order chi connectivity index (χ1) is 18.8. The van der Waals surface area contributed by atoms with E-state index in [4.69, 9.17) is 11.6 Å². The van der Waals surface area contributed by atoms with Gasteiger partial charge in [0.05, 0.1) is 18.3 Å². The molecule has 1 saturated carbocycles. The molecule has 0 spiro atoms. The summed E-state index contributed by atoms with van der Waals surface area (Å²) in [4.78, 5) is 33.6. The third-order valence-corrected chi connectivity index (χ3v) is 6.22. The number of hydrogen-bond acceptors (Lipinski definition) is 7. The molecule has 2 atom stereocenters. The molecule has 1 amide bonds. The highest BCUT2D eigenvalue weighted by Crippen LogP contribution is 2.41. The molecule has 1 aliphatic rings. The van der Waals surface area contributed by atoms with Crippen molar-refractivity contribution < 1.29 is 31.9 Å². The SMILES string of the molecule is O=C(NC1CC1(F)F)c1ncccc1-n1cnc(Cn2nc(-c3ccc(Cl)cc3)n(C[C@H](O)C(F)(F)F)c2=O)n1. The number of halogens is 6. The highest BCUT2D eigenvalue weighted by molar-refractivity contribution is 6.30. The number of nitrogens with one attached hydrogen (secondary N) is 1. The van der Waals surface area contributed by atoms with Gasteiger partial charge in [-0.1, -0.05) is 11.6 Å². The number of hydrogen-bond donors (Lipinski definition) is 2. The molecule has 1 unspecified atom stereocenters. The second kappa shape index (κ2) is 10.1. The van der Waals surface area contributed by atoms with Gasteiger partial charge in [0.25, 0.3) is 11.8 Å². The number of carbonyl (C=O) groups excluding carboxylic acids is 1. The minimum absolute atomic E-state index is 0.0188. The zero-order valence-electron chi connectivity index (χ0n) is 20.1. The van der Waals surface area contributed by atoms with E-state index in [-0.39, 0.29) is 28.6 Å². The highest BCUT2D eigenvalue weighted by atomic mass is 35.5. The molecule has 5 rings (SSSR count). The van der Waals surface area contributed by atoms with E-state index >= 15 is 0 Å². The number of pyridine rings is 1. The lowest BCUT2D eigenvalue weighted by Crippen LogP contribution is -2.37. The molecule has 2 N–H and O–H groups in total. The number of benzene rings is 1. The smallest absolute Gasteiger partial charge is 0.382 e. The van der Waals surface area contributed by atoms with Crippen LogP contribution in [-0.2, 0) is 13.1 Å². The third-order valence-electron chi connectivity index (χ3n) is 5.97. The largest absolute Gasteiger partial charge is 0.416 e. The van der Waals surface area contributed by atoms with Crippen molar-refractivity contribution in [3.05, 3.63) is 75.9 Å². The molecule has 210 valence electrons. The molecule has 3 heterocycles. The number of aromatic nitrogens is 7. The van der Waals surface area contributed by atoms with E-state index in [1.54, 1.807) is 0 Å². The molecule has 1 aromatic carbocycles. The van der Waals surface area contributed by atoms with Crippen LogP contribution in [0.4, 0.5) is 22.0 Å². The normalized spacial score (nSPS) is 17.0. The molecule has 1 aliphatic carbocycles. The van der Waals surface area contributed by atoms with E-state index < -0.39 is 55.4 Å². The Morgan fingerprint density at radius 3 is 2.52 bits per heavy atom. The number of nitrogens with zero attached hydrogens (tertiary/aromatic N) is 7. The van der Waals surface area contributed by atoms with Crippen LogP contribution in [0.5, 0.6) is 0 Å². The van der Waals surface area contributed by atoms with Gasteiger partial charge in [0, 0.05) is 23.2 Å². The standard InChI is InChI=1S/C23H18ClF5N8O3/c24-13-5-3-12(4-6-13)19-34-36(21(40)35(19)9-16(38)23(27,28)29)10-17-31-11-37(33-17)14-2-1-7-30-18(14)20(39)32-15-8-22(15,25)26/h1-7,11,15-16,38H,8-10H2,(H,32,39)/t15?,16-/m0/s1. The number of aliphatic hydroxyl groups is 1. The van der Waals surface area contributed by atoms with Gasteiger partial charge in [0.1, 0.15) is 12.9 Å². The van der Waals surface area contributed by atoms with Crippen LogP contribution in [0.1, 0.15) is 22.7 Å². The fraction of sp³-hybridized carbons (Fsp3) is 0.304. The fourth-order valence-corrected chi connectivity index (χ4v) is 3.90. The van der Waals surface area contributed by atoms with Gasteiger partial charge in [0.2, 0.25) is 0 Å². The van der Waals surface area contributed by atoms with Gasteiger partial charge in [-0.15, -0.1) is 10.2 Å². The van der Waals surface area contributed by atoms with E-state index in [0.29, 0.717) is 9.59 Å². The van der Waals surface area contributed by atoms with E-state index in [0.717, 1.165) is 9.36 Å². The van der Waals surface area contributed by atoms with Crippen molar-refractivity contribution in [3.8, 4) is 17.1 Å². The van der Waals surface area contributed by atoms with Gasteiger partial charge in [0.15, 0.2) is 23.4 Å². The summed E-state index contributed by atoms with van der Waals surface area (Å²) in [7, 11) is 0. The van der Waals surface area contributed by atoms with Crippen LogP contribution >= 0.6 is 11.6 Å². The van der Waals surface area contributed by atoms with Crippen LogP contribution in [0.3, 0.4) is 0 Å². The topological polar surface area (TPSA) is 133 Å². The molecule has 0 saturated heterocycles. The van der Waals surface area contributed by atoms with Gasteiger partial charge < -0.3 is 10.4 Å². The minimum Gasteiger partial charge on any atom is -0.382 e. The number of rotatable bonds is 8. The van der Waals surface area contributed by atoms with Gasteiger partial charge in [-0.3, -0.25) is 9.36 Å². The molecular weight excluding hydrogens is 567 g/mol. The molecule has 40 heavy (non-hydrogen) atoms. The van der Waals surface area contributed by atoms with E-state index in [2.05, 4.69) is 25.5 Å². The zero-order chi connectivity index (χ0) is 28.8.